The molecule has 55 heavy (non-hydrogen) atoms. The van der Waals surface area contributed by atoms with Gasteiger partial charge in [-0.1, -0.05) is 147 Å². The standard InChI is InChI=1S/C45H84NO8P/c1-5-7-9-11-13-15-17-19-21-22-24-25-27-29-31-33-35-37-44(47)51-41-43(42-53-55(49,50)52-40-39-46(3)4)54-45(48)38-36-34-32-30-28-26-23-20-18-16-14-12-10-8-6-2/h13,15-16,18-19,21,43H,5-12,14,17,20,22-42H2,1-4H3,(H,49,50)/b15-13-,18-16-,21-19-. The maximum Gasteiger partial charge on any atom is 0.472 e. The zero-order chi connectivity index (χ0) is 40.5. The number of ether oxygens (including phenoxy) is 2. The molecule has 2 atom stereocenters. The largest absolute Gasteiger partial charge is 0.472 e. The minimum atomic E-state index is -4.36. The number of allylic oxidation sites excluding steroid dienone is 6. The number of likely N-dealkylation sites (N-methyl/N-ethyl adjacent to an activating group) is 1. The van der Waals surface area contributed by atoms with Crippen molar-refractivity contribution >= 4 is 19.8 Å². The number of unbranched alkanes of at least 4 members (excludes halogenated alkanes) is 21. The average Bonchev–Trinajstić information content (AvgIpc) is 3.15. The summed E-state index contributed by atoms with van der Waals surface area (Å²) in [7, 11) is -0.717. The Bertz CT molecular complexity index is 1010. The first-order valence-electron chi connectivity index (χ1n) is 22.3. The lowest BCUT2D eigenvalue weighted by atomic mass is 10.1. The monoisotopic (exact) mass is 798 g/mol. The van der Waals surface area contributed by atoms with E-state index < -0.39 is 26.5 Å². The predicted molar refractivity (Wildman–Crippen MR) is 229 cm³/mol. The second-order valence-corrected chi connectivity index (χ2v) is 16.7. The SMILES string of the molecule is CCCCC/C=C\C/C=C\CCCCCCCCCC(=O)OCC(COP(=O)(O)OCCN(C)C)OC(=O)CCCCCCCCC/C=C\CCCCCC. The van der Waals surface area contributed by atoms with Crippen LogP contribution in [-0.4, -0.2) is 68.3 Å². The number of esters is 2. The normalized spacial score (nSPS) is 13.7. The van der Waals surface area contributed by atoms with E-state index in [-0.39, 0.29) is 32.0 Å². The fourth-order valence-electron chi connectivity index (χ4n) is 5.95. The minimum Gasteiger partial charge on any atom is -0.462 e. The van der Waals surface area contributed by atoms with Crippen LogP contribution in [0.25, 0.3) is 0 Å². The molecule has 0 saturated heterocycles. The molecule has 0 heterocycles. The summed E-state index contributed by atoms with van der Waals surface area (Å²) in [6.07, 6.45) is 43.2. The van der Waals surface area contributed by atoms with Crippen molar-refractivity contribution in [3.63, 3.8) is 0 Å². The molecular formula is C45H84NO8P. The van der Waals surface area contributed by atoms with E-state index in [1.165, 1.54) is 96.3 Å². The molecular weight excluding hydrogens is 713 g/mol. The van der Waals surface area contributed by atoms with Crippen LogP contribution in [0.4, 0.5) is 0 Å². The molecule has 10 heteroatoms. The highest BCUT2D eigenvalue weighted by Gasteiger charge is 2.26. The Hall–Kier alpha value is -1.77. The van der Waals surface area contributed by atoms with Crippen LogP contribution in [0.2, 0.25) is 0 Å². The van der Waals surface area contributed by atoms with Gasteiger partial charge in [0.05, 0.1) is 13.2 Å². The van der Waals surface area contributed by atoms with E-state index in [1.54, 1.807) is 0 Å². The maximum atomic E-state index is 12.7. The van der Waals surface area contributed by atoms with Crippen LogP contribution >= 0.6 is 7.82 Å². The Morgan fingerprint density at radius 2 is 0.982 bits per heavy atom. The second kappa shape index (κ2) is 40.4. The second-order valence-electron chi connectivity index (χ2n) is 15.2. The number of hydrogen-bond acceptors (Lipinski definition) is 8. The molecule has 0 aromatic carbocycles. The van der Waals surface area contributed by atoms with Gasteiger partial charge < -0.3 is 19.3 Å². The molecule has 0 fully saturated rings. The lowest BCUT2D eigenvalue weighted by Crippen LogP contribution is -2.29. The van der Waals surface area contributed by atoms with E-state index in [0.29, 0.717) is 13.0 Å². The average molecular weight is 798 g/mol. The Labute approximate surface area is 338 Å². The smallest absolute Gasteiger partial charge is 0.462 e. The van der Waals surface area contributed by atoms with Gasteiger partial charge in [-0.05, 0) is 84.7 Å². The van der Waals surface area contributed by atoms with Crippen molar-refractivity contribution in [3.05, 3.63) is 36.5 Å². The van der Waals surface area contributed by atoms with Crippen LogP contribution in [0.15, 0.2) is 36.5 Å². The molecule has 0 saturated carbocycles. The van der Waals surface area contributed by atoms with Crippen molar-refractivity contribution in [2.45, 2.75) is 200 Å². The first kappa shape index (κ1) is 53.2. The van der Waals surface area contributed by atoms with Gasteiger partial charge in [-0.2, -0.15) is 0 Å². The number of rotatable bonds is 41. The molecule has 1 N–H and O–H groups in total. The number of hydrogen-bond donors (Lipinski definition) is 1. The molecule has 322 valence electrons. The number of carbonyl (C=O) groups excluding carboxylic acids is 2. The lowest BCUT2D eigenvalue weighted by molar-refractivity contribution is -0.161. The molecule has 0 aromatic rings. The predicted octanol–water partition coefficient (Wildman–Crippen LogP) is 12.8. The molecule has 9 nitrogen and oxygen atoms in total. The number of phosphoric acid groups is 1. The number of carbonyl (C=O) groups is 2. The van der Waals surface area contributed by atoms with E-state index >= 15 is 0 Å². The van der Waals surface area contributed by atoms with Gasteiger partial charge in [0.15, 0.2) is 6.10 Å². The van der Waals surface area contributed by atoms with Crippen LogP contribution in [0.5, 0.6) is 0 Å². The van der Waals surface area contributed by atoms with Crippen LogP contribution in [0.3, 0.4) is 0 Å². The minimum absolute atomic E-state index is 0.00513. The summed E-state index contributed by atoms with van der Waals surface area (Å²) in [4.78, 5) is 37.0. The third-order valence-corrected chi connectivity index (χ3v) is 10.4. The number of nitrogens with zero attached hydrogens (tertiary/aromatic N) is 1. The summed E-state index contributed by atoms with van der Waals surface area (Å²) in [5.41, 5.74) is 0. The first-order chi connectivity index (χ1) is 26.7. The molecule has 0 aromatic heterocycles. The van der Waals surface area contributed by atoms with Crippen LogP contribution in [0, 0.1) is 0 Å². The Kier molecular flexibility index (Phi) is 39.1. The van der Waals surface area contributed by atoms with Gasteiger partial charge in [-0.3, -0.25) is 18.6 Å². The number of phosphoric ester groups is 1. The molecule has 0 amide bonds. The Morgan fingerprint density at radius 3 is 1.49 bits per heavy atom. The molecule has 2 unspecified atom stereocenters. The van der Waals surface area contributed by atoms with Crippen molar-refractivity contribution in [1.29, 1.82) is 0 Å². The quantitative estimate of drug-likeness (QED) is 0.0280. The first-order valence-corrected chi connectivity index (χ1v) is 23.8. The molecule has 0 aliphatic carbocycles. The van der Waals surface area contributed by atoms with Gasteiger partial charge >= 0.3 is 19.8 Å². The summed E-state index contributed by atoms with van der Waals surface area (Å²) in [5, 5.41) is 0. The van der Waals surface area contributed by atoms with Gasteiger partial charge in [0.1, 0.15) is 6.61 Å². The van der Waals surface area contributed by atoms with Crippen molar-refractivity contribution in [2.75, 3.05) is 40.5 Å². The van der Waals surface area contributed by atoms with Crippen LogP contribution in [-0.2, 0) is 32.7 Å². The van der Waals surface area contributed by atoms with Crippen LogP contribution in [0.1, 0.15) is 194 Å². The van der Waals surface area contributed by atoms with Crippen molar-refractivity contribution < 1.29 is 37.6 Å². The Morgan fingerprint density at radius 1 is 0.564 bits per heavy atom. The highest BCUT2D eigenvalue weighted by Crippen LogP contribution is 2.43. The molecule has 0 aliphatic heterocycles. The summed E-state index contributed by atoms with van der Waals surface area (Å²) in [5.74, 6) is -0.815. The van der Waals surface area contributed by atoms with Gasteiger partial charge in [0, 0.05) is 19.4 Å². The van der Waals surface area contributed by atoms with Crippen molar-refractivity contribution in [2.24, 2.45) is 0 Å². The zero-order valence-electron chi connectivity index (χ0n) is 35.9. The van der Waals surface area contributed by atoms with E-state index in [9.17, 15) is 19.0 Å². The van der Waals surface area contributed by atoms with Gasteiger partial charge in [0.2, 0.25) is 0 Å². The zero-order valence-corrected chi connectivity index (χ0v) is 36.8. The molecule has 0 aliphatic rings. The molecule has 0 bridgehead atoms. The molecule has 0 spiro atoms. The Balaban J connectivity index is 4.29. The fraction of sp³-hybridized carbons (Fsp3) is 0.822. The molecule has 0 radical (unpaired) electrons. The highest BCUT2D eigenvalue weighted by atomic mass is 31.2. The third kappa shape index (κ3) is 41.7. The highest BCUT2D eigenvalue weighted by molar-refractivity contribution is 7.47. The van der Waals surface area contributed by atoms with Gasteiger partial charge in [0.25, 0.3) is 0 Å². The summed E-state index contributed by atoms with van der Waals surface area (Å²) in [6.45, 7) is 4.28. The van der Waals surface area contributed by atoms with Gasteiger partial charge in [-0.15, -0.1) is 0 Å². The van der Waals surface area contributed by atoms with Crippen LogP contribution < -0.4 is 0 Å². The summed E-state index contributed by atoms with van der Waals surface area (Å²) < 4.78 is 33.5. The van der Waals surface area contributed by atoms with Crippen molar-refractivity contribution in [1.82, 2.24) is 4.90 Å². The van der Waals surface area contributed by atoms with E-state index in [0.717, 1.165) is 64.2 Å². The summed E-state index contributed by atoms with van der Waals surface area (Å²) in [6, 6.07) is 0. The van der Waals surface area contributed by atoms with E-state index in [4.69, 9.17) is 18.5 Å². The van der Waals surface area contributed by atoms with E-state index in [2.05, 4.69) is 50.3 Å². The fourth-order valence-corrected chi connectivity index (χ4v) is 6.69. The summed E-state index contributed by atoms with van der Waals surface area (Å²) >= 11 is 0. The maximum absolute atomic E-state index is 12.7. The third-order valence-electron chi connectivity index (χ3n) is 9.42. The lowest BCUT2D eigenvalue weighted by Gasteiger charge is -2.20. The van der Waals surface area contributed by atoms with E-state index in [1.807, 2.05) is 19.0 Å². The van der Waals surface area contributed by atoms with Crippen molar-refractivity contribution in [3.8, 4) is 0 Å². The van der Waals surface area contributed by atoms with Gasteiger partial charge in [-0.25, -0.2) is 4.57 Å². The topological polar surface area (TPSA) is 112 Å². The molecule has 0 rings (SSSR count).